The highest BCUT2D eigenvalue weighted by Gasteiger charge is 2.37. The zero-order valence-electron chi connectivity index (χ0n) is 13.2. The molecule has 1 aromatic rings. The second-order valence-electron chi connectivity index (χ2n) is 5.22. The monoisotopic (exact) mass is 349 g/mol. The predicted molar refractivity (Wildman–Crippen MR) is 98.6 cm³/mol. The van der Waals surface area contributed by atoms with Crippen molar-refractivity contribution in [2.45, 2.75) is 52.4 Å². The van der Waals surface area contributed by atoms with Crippen molar-refractivity contribution in [3.05, 3.63) is 29.3 Å². The largest absolute Gasteiger partial charge is 0.329 e. The Hall–Kier alpha value is 0.130. The SMILES string of the molecule is CCCCCC[P+](P)(OCCCC)Oc1ccccc1Cl. The van der Waals surface area contributed by atoms with E-state index in [1.165, 1.54) is 19.3 Å². The van der Waals surface area contributed by atoms with Gasteiger partial charge in [-0.3, -0.25) is 0 Å². The molecule has 0 saturated heterocycles. The third-order valence-corrected chi connectivity index (χ3v) is 7.14. The topological polar surface area (TPSA) is 18.5 Å². The summed E-state index contributed by atoms with van der Waals surface area (Å²) in [6.07, 6.45) is 8.05. The summed E-state index contributed by atoms with van der Waals surface area (Å²) < 4.78 is 12.3. The van der Waals surface area contributed by atoms with Crippen LogP contribution >= 0.6 is 27.9 Å². The maximum atomic E-state index is 6.20. The maximum absolute atomic E-state index is 6.20. The number of halogens is 1. The van der Waals surface area contributed by atoms with Crippen molar-refractivity contribution >= 4 is 27.9 Å². The summed E-state index contributed by atoms with van der Waals surface area (Å²) in [4.78, 5) is 0. The molecule has 0 spiro atoms. The van der Waals surface area contributed by atoms with Gasteiger partial charge in [0.1, 0.15) is 6.16 Å². The molecule has 0 aliphatic rings. The first-order valence-corrected chi connectivity index (χ1v) is 11.7. The molecule has 0 radical (unpaired) electrons. The van der Waals surface area contributed by atoms with E-state index in [2.05, 4.69) is 22.8 Å². The highest BCUT2D eigenvalue weighted by atomic mass is 35.5. The molecule has 0 heterocycles. The van der Waals surface area contributed by atoms with E-state index in [0.717, 1.165) is 37.8 Å². The molecule has 0 N–H and O–H groups in total. The summed E-state index contributed by atoms with van der Waals surface area (Å²) in [6, 6.07) is 7.63. The number of hydrogen-bond donors (Lipinski definition) is 0. The predicted octanol–water partition coefficient (Wildman–Crippen LogP) is 6.75. The molecule has 2 unspecified atom stereocenters. The van der Waals surface area contributed by atoms with Crippen LogP contribution in [-0.4, -0.2) is 12.8 Å². The lowest BCUT2D eigenvalue weighted by Crippen LogP contribution is -2.06. The number of rotatable bonds is 11. The molecular formula is C16H28ClO2P2+. The molecular weight excluding hydrogens is 322 g/mol. The van der Waals surface area contributed by atoms with Gasteiger partial charge in [0.25, 0.3) is 0 Å². The Morgan fingerprint density at radius 3 is 2.43 bits per heavy atom. The Kier molecular flexibility index (Phi) is 9.85. The summed E-state index contributed by atoms with van der Waals surface area (Å²) in [5.74, 6) is 0.731. The van der Waals surface area contributed by atoms with Crippen molar-refractivity contribution in [3.63, 3.8) is 0 Å². The van der Waals surface area contributed by atoms with Gasteiger partial charge in [0.15, 0.2) is 5.75 Å². The van der Waals surface area contributed by atoms with E-state index in [9.17, 15) is 0 Å². The van der Waals surface area contributed by atoms with Crippen molar-refractivity contribution in [1.29, 1.82) is 0 Å². The molecule has 5 heteroatoms. The summed E-state index contributed by atoms with van der Waals surface area (Å²) in [5, 5.41) is 0.650. The second-order valence-corrected chi connectivity index (χ2v) is 10.3. The molecule has 120 valence electrons. The molecule has 1 rings (SSSR count). The van der Waals surface area contributed by atoms with E-state index in [1.54, 1.807) is 0 Å². The first-order valence-electron chi connectivity index (χ1n) is 7.86. The van der Waals surface area contributed by atoms with Crippen molar-refractivity contribution in [2.24, 2.45) is 0 Å². The molecule has 21 heavy (non-hydrogen) atoms. The molecule has 2 nitrogen and oxygen atoms in total. The van der Waals surface area contributed by atoms with Gasteiger partial charge in [-0.15, -0.1) is 0 Å². The van der Waals surface area contributed by atoms with Crippen LogP contribution in [0.5, 0.6) is 5.75 Å². The van der Waals surface area contributed by atoms with Crippen LogP contribution in [0.4, 0.5) is 0 Å². The quantitative estimate of drug-likeness (QED) is 0.325. The van der Waals surface area contributed by atoms with E-state index in [0.29, 0.717) is 5.02 Å². The molecule has 0 amide bonds. The van der Waals surface area contributed by atoms with Gasteiger partial charge in [0, 0.05) is 0 Å². The van der Waals surface area contributed by atoms with E-state index in [4.69, 9.17) is 20.6 Å². The van der Waals surface area contributed by atoms with Crippen LogP contribution in [0.15, 0.2) is 24.3 Å². The molecule has 0 aromatic heterocycles. The van der Waals surface area contributed by atoms with Crippen LogP contribution in [0.3, 0.4) is 0 Å². The minimum absolute atomic E-state index is 0.650. The van der Waals surface area contributed by atoms with E-state index in [1.807, 2.05) is 24.3 Å². The summed E-state index contributed by atoms with van der Waals surface area (Å²) in [5.41, 5.74) is 0. The van der Waals surface area contributed by atoms with E-state index >= 15 is 0 Å². The van der Waals surface area contributed by atoms with Crippen LogP contribution in [0.2, 0.25) is 5.02 Å². The normalized spacial score (nSPS) is 13.9. The molecule has 0 saturated carbocycles. The van der Waals surface area contributed by atoms with Gasteiger partial charge in [-0.1, -0.05) is 56.8 Å². The molecule has 2 atom stereocenters. The summed E-state index contributed by atoms with van der Waals surface area (Å²) in [6.45, 7) is 5.15. The highest BCUT2D eigenvalue weighted by molar-refractivity contribution is 8.19. The number of benzene rings is 1. The third kappa shape index (κ3) is 7.80. The standard InChI is InChI=1S/C16H28ClO2P2/c1-3-5-7-10-14-21(20,18-13-6-4-2)19-16-12-9-8-11-15(16)17/h8-9,11-12H,3-7,10,13-14,20H2,1-2H3/q+1. The average molecular weight is 350 g/mol. The fourth-order valence-corrected chi connectivity index (χ4v) is 5.24. The van der Waals surface area contributed by atoms with Crippen LogP contribution in [0.25, 0.3) is 0 Å². The number of unbranched alkanes of at least 4 members (excludes halogenated alkanes) is 4. The van der Waals surface area contributed by atoms with Gasteiger partial charge in [-0.25, -0.2) is 0 Å². The Bertz CT molecular complexity index is 404. The Balaban J connectivity index is 2.63. The third-order valence-electron chi connectivity index (χ3n) is 3.22. The molecule has 0 fully saturated rings. The number of para-hydroxylation sites is 1. The lowest BCUT2D eigenvalue weighted by Gasteiger charge is -2.21. The van der Waals surface area contributed by atoms with Crippen LogP contribution in [0, 0.1) is 0 Å². The van der Waals surface area contributed by atoms with E-state index in [-0.39, 0.29) is 0 Å². The van der Waals surface area contributed by atoms with E-state index < -0.39 is 7.40 Å². The van der Waals surface area contributed by atoms with Gasteiger partial charge in [-0.05, 0) is 31.4 Å². The first-order chi connectivity index (χ1) is 10.1. The fraction of sp³-hybridized carbons (Fsp3) is 0.625. The number of hydrogen-bond acceptors (Lipinski definition) is 2. The fourth-order valence-electron chi connectivity index (χ4n) is 1.94. The van der Waals surface area contributed by atoms with Gasteiger partial charge in [0.05, 0.1) is 20.6 Å². The Morgan fingerprint density at radius 1 is 1.05 bits per heavy atom. The lowest BCUT2D eigenvalue weighted by atomic mass is 10.2. The molecule has 0 bridgehead atoms. The molecule has 0 aliphatic heterocycles. The van der Waals surface area contributed by atoms with Gasteiger partial charge >= 0.3 is 7.40 Å². The highest BCUT2D eigenvalue weighted by Crippen LogP contribution is 2.68. The molecule has 1 aromatic carbocycles. The van der Waals surface area contributed by atoms with Crippen LogP contribution in [-0.2, 0) is 4.52 Å². The lowest BCUT2D eigenvalue weighted by molar-refractivity contribution is 0.300. The van der Waals surface area contributed by atoms with Crippen molar-refractivity contribution in [3.8, 4) is 5.75 Å². The zero-order chi connectivity index (χ0) is 15.6. The maximum Gasteiger partial charge on any atom is 0.329 e. The van der Waals surface area contributed by atoms with Gasteiger partial charge in [-0.2, -0.15) is 4.52 Å². The van der Waals surface area contributed by atoms with Gasteiger partial charge < -0.3 is 4.52 Å². The second kappa shape index (κ2) is 10.8. The Labute approximate surface area is 137 Å². The van der Waals surface area contributed by atoms with Crippen molar-refractivity contribution in [2.75, 3.05) is 12.8 Å². The van der Waals surface area contributed by atoms with Crippen LogP contribution < -0.4 is 4.52 Å². The average Bonchev–Trinajstić information content (AvgIpc) is 2.47. The summed E-state index contributed by atoms with van der Waals surface area (Å²) in [7, 11) is 0.897. The van der Waals surface area contributed by atoms with Crippen LogP contribution in [0.1, 0.15) is 52.4 Å². The smallest absolute Gasteiger partial charge is 0.316 e. The molecule has 0 aliphatic carbocycles. The summed E-state index contributed by atoms with van der Waals surface area (Å²) >= 11 is 6.20. The Morgan fingerprint density at radius 2 is 1.76 bits per heavy atom. The first kappa shape index (κ1) is 19.2. The minimum Gasteiger partial charge on any atom is -0.316 e. The van der Waals surface area contributed by atoms with Gasteiger partial charge in [0.2, 0.25) is 0 Å². The zero-order valence-corrected chi connectivity index (χ0v) is 16.0. The van der Waals surface area contributed by atoms with Crippen molar-refractivity contribution in [1.82, 2.24) is 0 Å². The minimum atomic E-state index is -1.96. The van der Waals surface area contributed by atoms with Crippen molar-refractivity contribution < 1.29 is 9.05 Å².